The molecule has 118 valence electrons. The number of anilines is 1. The first-order valence-corrected chi connectivity index (χ1v) is 8.95. The monoisotopic (exact) mass is 308 g/mol. The van der Waals surface area contributed by atoms with Gasteiger partial charge in [0, 0.05) is 31.1 Å². The summed E-state index contributed by atoms with van der Waals surface area (Å²) in [5.74, 6) is 0. The first-order chi connectivity index (χ1) is 9.94. The number of thiazole rings is 1. The summed E-state index contributed by atoms with van der Waals surface area (Å²) < 4.78 is 0. The van der Waals surface area contributed by atoms with Gasteiger partial charge >= 0.3 is 0 Å². The second kappa shape index (κ2) is 5.86. The van der Waals surface area contributed by atoms with Crippen molar-refractivity contribution in [3.05, 3.63) is 10.6 Å². The predicted octanol–water partition coefficient (Wildman–Crippen LogP) is 2.65. The van der Waals surface area contributed by atoms with Crippen LogP contribution in [0.1, 0.15) is 49.7 Å². The number of likely N-dealkylation sites (N-methyl/N-ethyl adjacent to an activating group) is 1. The van der Waals surface area contributed by atoms with Crippen molar-refractivity contribution in [2.24, 2.45) is 11.1 Å². The molecule has 1 aliphatic carbocycles. The highest BCUT2D eigenvalue weighted by Crippen LogP contribution is 2.43. The van der Waals surface area contributed by atoms with Gasteiger partial charge in [-0.15, -0.1) is 11.3 Å². The Bertz CT molecular complexity index is 490. The molecule has 0 spiro atoms. The van der Waals surface area contributed by atoms with Crippen LogP contribution in [0.3, 0.4) is 0 Å². The molecule has 21 heavy (non-hydrogen) atoms. The Morgan fingerprint density at radius 3 is 2.81 bits per heavy atom. The minimum absolute atomic E-state index is 0.169. The Kier molecular flexibility index (Phi) is 4.26. The number of nitrogens with zero attached hydrogens (tertiary/aromatic N) is 3. The standard InChI is InChI=1S/C16H28N4S/c1-16(2)10-12(17)14-13(11-16)18-15(21-14)19(3)8-9-20-6-4-5-7-20/h12H,4-11,17H2,1-3H3. The zero-order chi connectivity index (χ0) is 15.0. The van der Waals surface area contributed by atoms with Crippen molar-refractivity contribution in [2.75, 3.05) is 38.1 Å². The molecule has 1 fully saturated rings. The molecule has 0 amide bonds. The lowest BCUT2D eigenvalue weighted by Gasteiger charge is -2.32. The minimum Gasteiger partial charge on any atom is -0.350 e. The maximum atomic E-state index is 6.35. The van der Waals surface area contributed by atoms with Crippen LogP contribution in [0.25, 0.3) is 0 Å². The van der Waals surface area contributed by atoms with Crippen molar-refractivity contribution in [1.29, 1.82) is 0 Å². The molecule has 0 aromatic carbocycles. The van der Waals surface area contributed by atoms with Gasteiger partial charge in [-0.05, 0) is 44.2 Å². The van der Waals surface area contributed by atoms with Crippen molar-refractivity contribution in [3.8, 4) is 0 Å². The van der Waals surface area contributed by atoms with E-state index in [1.54, 1.807) is 11.3 Å². The lowest BCUT2D eigenvalue weighted by atomic mass is 9.77. The number of hydrogen-bond acceptors (Lipinski definition) is 5. The summed E-state index contributed by atoms with van der Waals surface area (Å²) in [6.45, 7) is 9.34. The van der Waals surface area contributed by atoms with Crippen molar-refractivity contribution in [1.82, 2.24) is 9.88 Å². The Morgan fingerprint density at radius 1 is 1.38 bits per heavy atom. The molecule has 1 atom stereocenters. The highest BCUT2D eigenvalue weighted by Gasteiger charge is 2.33. The first-order valence-electron chi connectivity index (χ1n) is 8.13. The molecule has 3 rings (SSSR count). The second-order valence-corrected chi connectivity index (χ2v) is 8.44. The fraction of sp³-hybridized carbons (Fsp3) is 0.812. The normalized spacial score (nSPS) is 25.0. The topological polar surface area (TPSA) is 45.4 Å². The predicted molar refractivity (Wildman–Crippen MR) is 90.1 cm³/mol. The molecule has 2 heterocycles. The van der Waals surface area contributed by atoms with Crippen molar-refractivity contribution < 1.29 is 0 Å². The van der Waals surface area contributed by atoms with Gasteiger partial charge in [-0.25, -0.2) is 4.98 Å². The van der Waals surface area contributed by atoms with Crippen molar-refractivity contribution in [2.45, 2.75) is 45.6 Å². The largest absolute Gasteiger partial charge is 0.350 e. The number of likely N-dealkylation sites (tertiary alicyclic amines) is 1. The SMILES string of the molecule is CN(CCN1CCCC1)c1nc2c(s1)C(N)CC(C)(C)C2. The molecule has 5 heteroatoms. The van der Waals surface area contributed by atoms with Gasteiger partial charge in [0.25, 0.3) is 0 Å². The zero-order valence-electron chi connectivity index (χ0n) is 13.6. The van der Waals surface area contributed by atoms with Gasteiger partial charge in [-0.1, -0.05) is 13.8 Å². The molecule has 2 aliphatic rings. The summed E-state index contributed by atoms with van der Waals surface area (Å²) in [6, 6.07) is 0.169. The van der Waals surface area contributed by atoms with Crippen LogP contribution in [0.4, 0.5) is 5.13 Å². The first kappa shape index (κ1) is 15.3. The van der Waals surface area contributed by atoms with E-state index in [0.29, 0.717) is 0 Å². The van der Waals surface area contributed by atoms with E-state index in [1.165, 1.54) is 36.5 Å². The van der Waals surface area contributed by atoms with E-state index in [9.17, 15) is 0 Å². The van der Waals surface area contributed by atoms with E-state index >= 15 is 0 Å². The lowest BCUT2D eigenvalue weighted by molar-refractivity contribution is 0.282. The summed E-state index contributed by atoms with van der Waals surface area (Å²) in [4.78, 5) is 11.1. The number of hydrogen-bond donors (Lipinski definition) is 1. The van der Waals surface area contributed by atoms with Crippen LogP contribution in [-0.4, -0.2) is 43.1 Å². The Balaban J connectivity index is 1.66. The summed E-state index contributed by atoms with van der Waals surface area (Å²) in [7, 11) is 2.16. The number of nitrogens with two attached hydrogens (primary N) is 1. The summed E-state index contributed by atoms with van der Waals surface area (Å²) in [5, 5.41) is 1.15. The fourth-order valence-corrected chi connectivity index (χ4v) is 4.61. The molecule has 1 aromatic rings. The Hall–Kier alpha value is -0.650. The second-order valence-electron chi connectivity index (χ2n) is 7.43. The molecule has 0 bridgehead atoms. The van der Waals surface area contributed by atoms with Crippen LogP contribution in [-0.2, 0) is 6.42 Å². The van der Waals surface area contributed by atoms with E-state index < -0.39 is 0 Å². The summed E-state index contributed by atoms with van der Waals surface area (Å²) in [5.41, 5.74) is 7.88. The average Bonchev–Trinajstić information content (AvgIpc) is 3.03. The third-order valence-electron chi connectivity index (χ3n) is 4.75. The van der Waals surface area contributed by atoms with Gasteiger partial charge in [-0.3, -0.25) is 0 Å². The van der Waals surface area contributed by atoms with Crippen LogP contribution < -0.4 is 10.6 Å². The maximum absolute atomic E-state index is 6.35. The molecule has 0 saturated carbocycles. The van der Waals surface area contributed by atoms with Gasteiger partial charge < -0.3 is 15.5 Å². The van der Waals surface area contributed by atoms with Gasteiger partial charge in [0.2, 0.25) is 0 Å². The number of aromatic nitrogens is 1. The number of fused-ring (bicyclic) bond motifs is 1. The fourth-order valence-electron chi connectivity index (χ4n) is 3.54. The third-order valence-corrected chi connectivity index (χ3v) is 6.09. The molecular formula is C16H28N4S. The molecule has 4 nitrogen and oxygen atoms in total. The lowest BCUT2D eigenvalue weighted by Crippen LogP contribution is -2.31. The van der Waals surface area contributed by atoms with Crippen LogP contribution >= 0.6 is 11.3 Å². The molecule has 1 saturated heterocycles. The van der Waals surface area contributed by atoms with Crippen LogP contribution in [0.15, 0.2) is 0 Å². The van der Waals surface area contributed by atoms with Crippen molar-refractivity contribution in [3.63, 3.8) is 0 Å². The van der Waals surface area contributed by atoms with Crippen LogP contribution in [0.5, 0.6) is 0 Å². The molecular weight excluding hydrogens is 280 g/mol. The molecule has 2 N–H and O–H groups in total. The third kappa shape index (κ3) is 3.41. The average molecular weight is 308 g/mol. The quantitative estimate of drug-likeness (QED) is 0.929. The molecule has 1 unspecified atom stereocenters. The minimum atomic E-state index is 0.169. The highest BCUT2D eigenvalue weighted by molar-refractivity contribution is 7.15. The van der Waals surface area contributed by atoms with Gasteiger partial charge in [0.15, 0.2) is 5.13 Å². The summed E-state index contributed by atoms with van der Waals surface area (Å²) in [6.07, 6.45) is 4.85. The number of rotatable bonds is 4. The Labute approximate surface area is 132 Å². The van der Waals surface area contributed by atoms with Crippen LogP contribution in [0, 0.1) is 5.41 Å². The van der Waals surface area contributed by atoms with Gasteiger partial charge in [0.05, 0.1) is 5.69 Å². The van der Waals surface area contributed by atoms with E-state index in [0.717, 1.165) is 31.1 Å². The van der Waals surface area contributed by atoms with E-state index in [4.69, 9.17) is 10.7 Å². The van der Waals surface area contributed by atoms with Gasteiger partial charge in [-0.2, -0.15) is 0 Å². The zero-order valence-corrected chi connectivity index (χ0v) is 14.4. The summed E-state index contributed by atoms with van der Waals surface area (Å²) >= 11 is 1.81. The maximum Gasteiger partial charge on any atom is 0.185 e. The van der Waals surface area contributed by atoms with Crippen LogP contribution in [0.2, 0.25) is 0 Å². The molecule has 1 aliphatic heterocycles. The van der Waals surface area contributed by atoms with Gasteiger partial charge in [0.1, 0.15) is 0 Å². The van der Waals surface area contributed by atoms with Crippen molar-refractivity contribution >= 4 is 16.5 Å². The smallest absolute Gasteiger partial charge is 0.185 e. The highest BCUT2D eigenvalue weighted by atomic mass is 32.1. The van der Waals surface area contributed by atoms with E-state index in [-0.39, 0.29) is 11.5 Å². The molecule has 0 radical (unpaired) electrons. The van der Waals surface area contributed by atoms with E-state index in [2.05, 4.69) is 30.7 Å². The van der Waals surface area contributed by atoms with E-state index in [1.807, 2.05) is 0 Å². The Morgan fingerprint density at radius 2 is 2.10 bits per heavy atom. The molecule has 1 aromatic heterocycles.